The van der Waals surface area contributed by atoms with E-state index in [1.807, 2.05) is 0 Å². The molecule has 0 saturated carbocycles. The first-order valence-electron chi connectivity index (χ1n) is 8.66. The van der Waals surface area contributed by atoms with Crippen molar-refractivity contribution >= 4 is 11.8 Å². The molecule has 0 atom stereocenters. The van der Waals surface area contributed by atoms with Crippen LogP contribution in [0.15, 0.2) is 24.3 Å². The summed E-state index contributed by atoms with van der Waals surface area (Å²) in [7, 11) is 1.33. The van der Waals surface area contributed by atoms with Gasteiger partial charge in [0.2, 0.25) is 0 Å². The van der Waals surface area contributed by atoms with Crippen LogP contribution in [0.3, 0.4) is 0 Å². The smallest absolute Gasteiger partial charge is 0.330 e. The molecule has 0 heterocycles. The molecule has 0 bridgehead atoms. The minimum Gasteiger partial charge on any atom is -0.466 e. The Bertz CT molecular complexity index is 343. The molecule has 0 radical (unpaired) electrons. The zero-order chi connectivity index (χ0) is 16.5. The van der Waals surface area contributed by atoms with Crippen LogP contribution in [0.4, 0.5) is 0 Å². The lowest BCUT2D eigenvalue weighted by Gasteiger charge is -2.01. The number of ketones is 1. The molecule has 0 aromatic heterocycles. The van der Waals surface area contributed by atoms with E-state index in [0.717, 1.165) is 12.8 Å². The van der Waals surface area contributed by atoms with Crippen LogP contribution in [0.1, 0.15) is 77.6 Å². The van der Waals surface area contributed by atoms with Crippen molar-refractivity contribution < 1.29 is 14.3 Å². The monoisotopic (exact) mass is 308 g/mol. The van der Waals surface area contributed by atoms with Crippen molar-refractivity contribution in [3.05, 3.63) is 24.3 Å². The van der Waals surface area contributed by atoms with E-state index in [2.05, 4.69) is 11.7 Å². The molecule has 126 valence electrons. The molecule has 0 aliphatic heterocycles. The van der Waals surface area contributed by atoms with Crippen LogP contribution in [0.5, 0.6) is 0 Å². The van der Waals surface area contributed by atoms with E-state index in [0.29, 0.717) is 6.42 Å². The minimum atomic E-state index is -0.410. The SMILES string of the molecule is CCCCCCCCCCCCC(=O)/C=C/C=C/C(=O)OC. The van der Waals surface area contributed by atoms with E-state index in [1.165, 1.54) is 76.7 Å². The molecule has 0 aromatic carbocycles. The predicted octanol–water partition coefficient (Wildman–Crippen LogP) is 5.15. The topological polar surface area (TPSA) is 43.4 Å². The average Bonchev–Trinajstić information content (AvgIpc) is 2.53. The summed E-state index contributed by atoms with van der Waals surface area (Å²) in [5, 5.41) is 0. The van der Waals surface area contributed by atoms with Crippen molar-refractivity contribution in [1.82, 2.24) is 0 Å². The van der Waals surface area contributed by atoms with Gasteiger partial charge in [0, 0.05) is 12.5 Å². The molecule has 22 heavy (non-hydrogen) atoms. The van der Waals surface area contributed by atoms with Gasteiger partial charge in [0.25, 0.3) is 0 Å². The number of methoxy groups -OCH3 is 1. The third kappa shape index (κ3) is 15.0. The molecule has 0 N–H and O–H groups in total. The van der Waals surface area contributed by atoms with Crippen molar-refractivity contribution in [3.8, 4) is 0 Å². The number of carbonyl (C=O) groups excluding carboxylic acids is 2. The fourth-order valence-corrected chi connectivity index (χ4v) is 2.24. The zero-order valence-corrected chi connectivity index (χ0v) is 14.3. The van der Waals surface area contributed by atoms with Crippen LogP contribution >= 0.6 is 0 Å². The molecular formula is C19H32O3. The maximum atomic E-state index is 11.6. The highest BCUT2D eigenvalue weighted by Crippen LogP contribution is 2.11. The Labute approximate surface area is 135 Å². The van der Waals surface area contributed by atoms with Gasteiger partial charge in [-0.1, -0.05) is 76.9 Å². The summed E-state index contributed by atoms with van der Waals surface area (Å²) in [6.07, 6.45) is 19.2. The van der Waals surface area contributed by atoms with Crippen LogP contribution in [-0.2, 0) is 14.3 Å². The standard InChI is InChI=1S/C19H32O3/c1-3-4-5-6-7-8-9-10-11-12-15-18(20)16-13-14-17-19(21)22-2/h13-14,16-17H,3-12,15H2,1-2H3/b16-13+,17-14+. The van der Waals surface area contributed by atoms with Crippen LogP contribution < -0.4 is 0 Å². The Kier molecular flexibility index (Phi) is 15.0. The maximum Gasteiger partial charge on any atom is 0.330 e. The number of esters is 1. The summed E-state index contributed by atoms with van der Waals surface area (Å²) in [4.78, 5) is 22.4. The van der Waals surface area contributed by atoms with Crippen molar-refractivity contribution in [1.29, 1.82) is 0 Å². The van der Waals surface area contributed by atoms with Gasteiger partial charge in [-0.05, 0) is 12.5 Å². The van der Waals surface area contributed by atoms with Gasteiger partial charge in [-0.3, -0.25) is 4.79 Å². The third-order valence-electron chi connectivity index (χ3n) is 3.60. The number of carbonyl (C=O) groups is 2. The first-order valence-corrected chi connectivity index (χ1v) is 8.66. The van der Waals surface area contributed by atoms with Gasteiger partial charge < -0.3 is 4.74 Å². The number of allylic oxidation sites excluding steroid dienone is 3. The number of unbranched alkanes of at least 4 members (excludes halogenated alkanes) is 9. The molecule has 0 spiro atoms. The number of hydrogen-bond donors (Lipinski definition) is 0. The van der Waals surface area contributed by atoms with Gasteiger partial charge in [-0.2, -0.15) is 0 Å². The third-order valence-corrected chi connectivity index (χ3v) is 3.60. The molecule has 0 rings (SSSR count). The van der Waals surface area contributed by atoms with Gasteiger partial charge >= 0.3 is 5.97 Å². The molecule has 0 aromatic rings. The Hall–Kier alpha value is -1.38. The highest BCUT2D eigenvalue weighted by atomic mass is 16.5. The first-order chi connectivity index (χ1) is 10.7. The van der Waals surface area contributed by atoms with E-state index in [9.17, 15) is 9.59 Å². The lowest BCUT2D eigenvalue weighted by atomic mass is 10.0. The van der Waals surface area contributed by atoms with Crippen molar-refractivity contribution in [2.45, 2.75) is 77.6 Å². The molecule has 0 aliphatic rings. The Morgan fingerprint density at radius 1 is 0.773 bits per heavy atom. The predicted molar refractivity (Wildman–Crippen MR) is 91.8 cm³/mol. The fourth-order valence-electron chi connectivity index (χ4n) is 2.24. The Morgan fingerprint density at radius 3 is 1.82 bits per heavy atom. The summed E-state index contributed by atoms with van der Waals surface area (Å²) >= 11 is 0. The van der Waals surface area contributed by atoms with E-state index in [-0.39, 0.29) is 5.78 Å². The van der Waals surface area contributed by atoms with Crippen LogP contribution in [0.2, 0.25) is 0 Å². The molecule has 0 aliphatic carbocycles. The largest absolute Gasteiger partial charge is 0.466 e. The lowest BCUT2D eigenvalue weighted by Crippen LogP contribution is -1.94. The van der Waals surface area contributed by atoms with Gasteiger partial charge in [-0.25, -0.2) is 4.79 Å². The van der Waals surface area contributed by atoms with E-state index >= 15 is 0 Å². The normalized spacial score (nSPS) is 11.4. The summed E-state index contributed by atoms with van der Waals surface area (Å²) < 4.78 is 4.45. The second-order valence-corrected chi connectivity index (χ2v) is 5.64. The van der Waals surface area contributed by atoms with Crippen molar-refractivity contribution in [2.24, 2.45) is 0 Å². The Morgan fingerprint density at radius 2 is 1.27 bits per heavy atom. The molecule has 0 unspecified atom stereocenters. The maximum absolute atomic E-state index is 11.6. The number of rotatable bonds is 14. The Balaban J connectivity index is 3.40. The van der Waals surface area contributed by atoms with Crippen molar-refractivity contribution in [2.75, 3.05) is 7.11 Å². The van der Waals surface area contributed by atoms with Crippen molar-refractivity contribution in [3.63, 3.8) is 0 Å². The van der Waals surface area contributed by atoms with Crippen LogP contribution in [-0.4, -0.2) is 18.9 Å². The van der Waals surface area contributed by atoms with Gasteiger partial charge in [0.1, 0.15) is 0 Å². The van der Waals surface area contributed by atoms with Gasteiger partial charge in [0.05, 0.1) is 7.11 Å². The second-order valence-electron chi connectivity index (χ2n) is 5.64. The summed E-state index contributed by atoms with van der Waals surface area (Å²) in [5.74, 6) is -0.291. The summed E-state index contributed by atoms with van der Waals surface area (Å²) in [6, 6.07) is 0. The van der Waals surface area contributed by atoms with Crippen LogP contribution in [0.25, 0.3) is 0 Å². The van der Waals surface area contributed by atoms with E-state index < -0.39 is 5.97 Å². The van der Waals surface area contributed by atoms with Gasteiger partial charge in [-0.15, -0.1) is 0 Å². The van der Waals surface area contributed by atoms with E-state index in [4.69, 9.17) is 0 Å². The second kappa shape index (κ2) is 16.0. The number of ether oxygens (including phenoxy) is 1. The summed E-state index contributed by atoms with van der Waals surface area (Å²) in [6.45, 7) is 2.24. The molecule has 3 heteroatoms. The summed E-state index contributed by atoms with van der Waals surface area (Å²) in [5.41, 5.74) is 0. The molecule has 0 amide bonds. The van der Waals surface area contributed by atoms with E-state index in [1.54, 1.807) is 6.08 Å². The quantitative estimate of drug-likeness (QED) is 0.193. The zero-order valence-electron chi connectivity index (χ0n) is 14.3. The minimum absolute atomic E-state index is 0.120. The molecular weight excluding hydrogens is 276 g/mol. The molecule has 3 nitrogen and oxygen atoms in total. The lowest BCUT2D eigenvalue weighted by molar-refractivity contribution is -0.134. The average molecular weight is 308 g/mol. The fraction of sp³-hybridized carbons (Fsp3) is 0.684. The highest BCUT2D eigenvalue weighted by Gasteiger charge is 1.97. The van der Waals surface area contributed by atoms with Crippen LogP contribution in [0, 0.1) is 0 Å². The first kappa shape index (κ1) is 20.6. The highest BCUT2D eigenvalue weighted by molar-refractivity contribution is 5.90. The van der Waals surface area contributed by atoms with Gasteiger partial charge in [0.15, 0.2) is 5.78 Å². The molecule has 0 saturated heterocycles. The number of hydrogen-bond acceptors (Lipinski definition) is 3. The molecule has 0 fully saturated rings.